The Kier molecular flexibility index (Phi) is 5.01. The highest BCUT2D eigenvalue weighted by atomic mass is 16.5. The summed E-state index contributed by atoms with van der Waals surface area (Å²) >= 11 is 0. The second-order valence-corrected chi connectivity index (χ2v) is 5.94. The van der Waals surface area contributed by atoms with Crippen LogP contribution >= 0.6 is 0 Å². The molecule has 2 aromatic carbocycles. The van der Waals surface area contributed by atoms with Gasteiger partial charge in [0.25, 0.3) is 0 Å². The number of ketones is 1. The third kappa shape index (κ3) is 3.86. The molecule has 0 fully saturated rings. The highest BCUT2D eigenvalue weighted by Crippen LogP contribution is 2.28. The van der Waals surface area contributed by atoms with Crippen LogP contribution in [0.15, 0.2) is 42.5 Å². The summed E-state index contributed by atoms with van der Waals surface area (Å²) in [7, 11) is 0. The highest BCUT2D eigenvalue weighted by molar-refractivity contribution is 6.01. The van der Waals surface area contributed by atoms with Gasteiger partial charge in [0.15, 0.2) is 5.78 Å². The zero-order valence-corrected chi connectivity index (χ0v) is 13.7. The molecule has 1 heterocycles. The van der Waals surface area contributed by atoms with E-state index in [2.05, 4.69) is 10.6 Å². The molecule has 1 unspecified atom stereocenters. The zero-order valence-electron chi connectivity index (χ0n) is 13.7. The number of phenols is 1. The van der Waals surface area contributed by atoms with Crippen LogP contribution in [0.3, 0.4) is 0 Å². The molecule has 0 amide bonds. The Morgan fingerprint density at radius 3 is 2.88 bits per heavy atom. The third-order valence-corrected chi connectivity index (χ3v) is 4.13. The first-order valence-electron chi connectivity index (χ1n) is 8.20. The van der Waals surface area contributed by atoms with Crippen LogP contribution in [-0.2, 0) is 6.42 Å². The quantitative estimate of drug-likeness (QED) is 0.712. The summed E-state index contributed by atoms with van der Waals surface area (Å²) < 4.78 is 5.53. The van der Waals surface area contributed by atoms with Crippen molar-refractivity contribution in [3.05, 3.63) is 53.6 Å². The van der Waals surface area contributed by atoms with Crippen molar-refractivity contribution >= 4 is 11.5 Å². The average molecular weight is 326 g/mol. The highest BCUT2D eigenvalue weighted by Gasteiger charge is 2.17. The summed E-state index contributed by atoms with van der Waals surface area (Å²) in [5.41, 5.74) is 2.68. The SMILES string of the molecule is CC(NCCc1ccc(O)cc1)C(=O)c1ccc2c(c1)NCCO2. The lowest BCUT2D eigenvalue weighted by molar-refractivity contribution is 0.0951. The Balaban J connectivity index is 1.55. The Hall–Kier alpha value is -2.53. The molecule has 1 aliphatic rings. The van der Waals surface area contributed by atoms with Crippen molar-refractivity contribution in [2.75, 3.05) is 25.0 Å². The minimum Gasteiger partial charge on any atom is -0.508 e. The molecule has 24 heavy (non-hydrogen) atoms. The van der Waals surface area contributed by atoms with E-state index in [4.69, 9.17) is 4.74 Å². The first-order chi connectivity index (χ1) is 11.6. The van der Waals surface area contributed by atoms with Gasteiger partial charge in [-0.1, -0.05) is 12.1 Å². The average Bonchev–Trinajstić information content (AvgIpc) is 2.62. The normalized spacial score (nSPS) is 14.2. The van der Waals surface area contributed by atoms with Crippen LogP contribution in [0.25, 0.3) is 0 Å². The molecule has 2 aromatic rings. The van der Waals surface area contributed by atoms with Crippen molar-refractivity contribution in [1.29, 1.82) is 0 Å². The van der Waals surface area contributed by atoms with E-state index < -0.39 is 0 Å². The molecule has 1 atom stereocenters. The van der Waals surface area contributed by atoms with Crippen LogP contribution in [0, 0.1) is 0 Å². The molecule has 3 rings (SSSR count). The summed E-state index contributed by atoms with van der Waals surface area (Å²) in [6.07, 6.45) is 0.803. The minimum absolute atomic E-state index is 0.0656. The van der Waals surface area contributed by atoms with E-state index in [0.717, 1.165) is 30.0 Å². The van der Waals surface area contributed by atoms with Gasteiger partial charge in [0.2, 0.25) is 0 Å². The number of benzene rings is 2. The lowest BCUT2D eigenvalue weighted by Crippen LogP contribution is -2.35. The number of Topliss-reactive ketones (excluding diaryl/α,β-unsaturated/α-hetero) is 1. The fourth-order valence-electron chi connectivity index (χ4n) is 2.73. The number of hydrogen-bond donors (Lipinski definition) is 3. The van der Waals surface area contributed by atoms with Gasteiger partial charge in [-0.25, -0.2) is 0 Å². The van der Waals surface area contributed by atoms with Crippen LogP contribution in [0.1, 0.15) is 22.8 Å². The monoisotopic (exact) mass is 326 g/mol. The molecule has 0 saturated heterocycles. The van der Waals surface area contributed by atoms with Crippen molar-refractivity contribution < 1.29 is 14.6 Å². The number of fused-ring (bicyclic) bond motifs is 1. The van der Waals surface area contributed by atoms with Crippen molar-refractivity contribution in [3.63, 3.8) is 0 Å². The Morgan fingerprint density at radius 2 is 2.08 bits per heavy atom. The van der Waals surface area contributed by atoms with Crippen LogP contribution in [0.5, 0.6) is 11.5 Å². The summed E-state index contributed by atoms with van der Waals surface area (Å²) in [5, 5.41) is 15.8. The van der Waals surface area contributed by atoms with Gasteiger partial charge in [0.05, 0.1) is 11.7 Å². The number of aromatic hydroxyl groups is 1. The van der Waals surface area contributed by atoms with Gasteiger partial charge >= 0.3 is 0 Å². The number of carbonyl (C=O) groups excluding carboxylic acids is 1. The lowest BCUT2D eigenvalue weighted by atomic mass is 10.0. The summed E-state index contributed by atoms with van der Waals surface area (Å²) in [6.45, 7) is 3.98. The van der Waals surface area contributed by atoms with Crippen LogP contribution in [0.4, 0.5) is 5.69 Å². The molecule has 3 N–H and O–H groups in total. The van der Waals surface area contributed by atoms with Gasteiger partial charge in [-0.15, -0.1) is 0 Å². The number of hydrogen-bond acceptors (Lipinski definition) is 5. The van der Waals surface area contributed by atoms with Crippen molar-refractivity contribution in [1.82, 2.24) is 5.32 Å². The van der Waals surface area contributed by atoms with Gasteiger partial charge in [-0.05, 0) is 55.8 Å². The largest absolute Gasteiger partial charge is 0.508 e. The fourth-order valence-corrected chi connectivity index (χ4v) is 2.73. The zero-order chi connectivity index (χ0) is 16.9. The van der Waals surface area contributed by atoms with Gasteiger partial charge in [0.1, 0.15) is 18.1 Å². The molecule has 126 valence electrons. The number of ether oxygens (including phenoxy) is 1. The maximum Gasteiger partial charge on any atom is 0.179 e. The number of nitrogens with one attached hydrogen (secondary N) is 2. The van der Waals surface area contributed by atoms with Gasteiger partial charge in [0, 0.05) is 12.1 Å². The van der Waals surface area contributed by atoms with Crippen LogP contribution in [0.2, 0.25) is 0 Å². The molecule has 0 saturated carbocycles. The number of anilines is 1. The topological polar surface area (TPSA) is 70.6 Å². The predicted molar refractivity (Wildman–Crippen MR) is 94.0 cm³/mol. The lowest BCUT2D eigenvalue weighted by Gasteiger charge is -2.20. The number of carbonyl (C=O) groups is 1. The fraction of sp³-hybridized carbons (Fsp3) is 0.316. The Labute approximate surface area is 141 Å². The Morgan fingerprint density at radius 1 is 1.29 bits per heavy atom. The molecular weight excluding hydrogens is 304 g/mol. The van der Waals surface area contributed by atoms with Gasteiger partial charge in [-0.2, -0.15) is 0 Å². The first kappa shape index (κ1) is 16.3. The van der Waals surface area contributed by atoms with Crippen LogP contribution < -0.4 is 15.4 Å². The standard InChI is InChI=1S/C19H22N2O3/c1-13(20-9-8-14-2-5-16(22)6-3-14)19(23)15-4-7-18-17(12-15)21-10-11-24-18/h2-7,12-13,20-22H,8-11H2,1H3. The molecule has 0 spiro atoms. The van der Waals surface area contributed by atoms with E-state index in [1.54, 1.807) is 12.1 Å². The van der Waals surface area contributed by atoms with E-state index in [1.165, 1.54) is 0 Å². The molecule has 0 aliphatic carbocycles. The number of rotatable bonds is 6. The van der Waals surface area contributed by atoms with Crippen LogP contribution in [-0.4, -0.2) is 36.6 Å². The second-order valence-electron chi connectivity index (χ2n) is 5.94. The molecule has 0 bridgehead atoms. The maximum absolute atomic E-state index is 12.6. The second kappa shape index (κ2) is 7.36. The van der Waals surface area contributed by atoms with E-state index in [-0.39, 0.29) is 17.6 Å². The summed E-state index contributed by atoms with van der Waals surface area (Å²) in [4.78, 5) is 12.6. The Bertz CT molecular complexity index is 713. The first-order valence-corrected chi connectivity index (χ1v) is 8.20. The summed E-state index contributed by atoms with van der Waals surface area (Å²) in [6, 6.07) is 12.4. The molecule has 0 radical (unpaired) electrons. The predicted octanol–water partition coefficient (Wildman–Crippen LogP) is 2.60. The molecule has 1 aliphatic heterocycles. The maximum atomic E-state index is 12.6. The number of phenolic OH excluding ortho intramolecular Hbond substituents is 1. The van der Waals surface area contributed by atoms with Crippen molar-refractivity contribution in [2.45, 2.75) is 19.4 Å². The van der Waals surface area contributed by atoms with E-state index in [9.17, 15) is 9.90 Å². The minimum atomic E-state index is -0.260. The smallest absolute Gasteiger partial charge is 0.179 e. The van der Waals surface area contributed by atoms with Gasteiger partial charge in [-0.3, -0.25) is 4.79 Å². The molecule has 5 nitrogen and oxygen atoms in total. The van der Waals surface area contributed by atoms with Crippen molar-refractivity contribution in [3.8, 4) is 11.5 Å². The van der Waals surface area contributed by atoms with E-state index in [1.807, 2.05) is 37.3 Å². The molecule has 0 aromatic heterocycles. The summed E-state index contributed by atoms with van der Waals surface area (Å²) in [5.74, 6) is 1.13. The third-order valence-electron chi connectivity index (χ3n) is 4.13. The van der Waals surface area contributed by atoms with Gasteiger partial charge < -0.3 is 20.5 Å². The van der Waals surface area contributed by atoms with Crippen molar-refractivity contribution in [2.24, 2.45) is 0 Å². The van der Waals surface area contributed by atoms with E-state index >= 15 is 0 Å². The van der Waals surface area contributed by atoms with E-state index in [0.29, 0.717) is 18.7 Å². The molecular formula is C19H22N2O3. The molecule has 5 heteroatoms.